The van der Waals surface area contributed by atoms with E-state index in [1.165, 1.54) is 9.79 Å². The van der Waals surface area contributed by atoms with Crippen LogP contribution in [-0.2, 0) is 4.79 Å². The Kier molecular flexibility index (Phi) is 3.99. The zero-order valence-corrected chi connectivity index (χ0v) is 10.7. The van der Waals surface area contributed by atoms with Crippen molar-refractivity contribution in [1.29, 1.82) is 0 Å². The lowest BCUT2D eigenvalue weighted by Crippen LogP contribution is -2.01. The number of benzene rings is 2. The molecule has 17 heavy (non-hydrogen) atoms. The van der Waals surface area contributed by atoms with Crippen LogP contribution in [0, 0.1) is 0 Å². The van der Waals surface area contributed by atoms with E-state index < -0.39 is 10.9 Å². The normalized spacial score (nSPS) is 11.0. The van der Waals surface area contributed by atoms with E-state index in [0.29, 0.717) is 5.75 Å². The van der Waals surface area contributed by atoms with Gasteiger partial charge >= 0.3 is 0 Å². The van der Waals surface area contributed by atoms with Crippen LogP contribution in [0.15, 0.2) is 70.5 Å². The van der Waals surface area contributed by atoms with Crippen molar-refractivity contribution < 1.29 is 4.79 Å². The lowest BCUT2D eigenvalue weighted by atomic mass is 10.4. The summed E-state index contributed by atoms with van der Waals surface area (Å²) >= 11 is 0. The number of Topliss-reactive ketones (excluding diaryl/α,β-unsaturated/α-hetero) is 1. The van der Waals surface area contributed by atoms with Crippen LogP contribution >= 0.6 is 10.9 Å². The lowest BCUT2D eigenvalue weighted by Gasteiger charge is -2.21. The third-order valence-electron chi connectivity index (χ3n) is 2.52. The third-order valence-corrected chi connectivity index (χ3v) is 5.12. The van der Waals surface area contributed by atoms with Gasteiger partial charge in [0.05, 0.1) is 0 Å². The summed E-state index contributed by atoms with van der Waals surface area (Å²) < 4.78 is 0. The molecule has 0 bridgehead atoms. The van der Waals surface area contributed by atoms with Gasteiger partial charge in [0.1, 0.15) is 5.78 Å². The van der Waals surface area contributed by atoms with Gasteiger partial charge in [-0.1, -0.05) is 36.4 Å². The fourth-order valence-electron chi connectivity index (χ4n) is 1.77. The topological polar surface area (TPSA) is 17.1 Å². The van der Waals surface area contributed by atoms with E-state index in [-0.39, 0.29) is 5.78 Å². The van der Waals surface area contributed by atoms with Gasteiger partial charge in [-0.3, -0.25) is 4.79 Å². The molecule has 2 rings (SSSR count). The van der Waals surface area contributed by atoms with Crippen molar-refractivity contribution in [2.45, 2.75) is 16.7 Å². The monoisotopic (exact) mass is 244 g/mol. The van der Waals surface area contributed by atoms with Gasteiger partial charge in [0.25, 0.3) is 0 Å². The molecule has 88 valence electrons. The summed E-state index contributed by atoms with van der Waals surface area (Å²) in [6, 6.07) is 20.6. The maximum absolute atomic E-state index is 11.4. The predicted octanol–water partition coefficient (Wildman–Crippen LogP) is 3.69. The molecule has 0 atom stereocenters. The maximum Gasteiger partial charge on any atom is 0.138 e. The maximum atomic E-state index is 11.4. The number of thiol groups is 1. The minimum absolute atomic E-state index is 0.254. The first kappa shape index (κ1) is 11.9. The number of carbonyl (C=O) groups excluding carboxylic acids is 1. The van der Waals surface area contributed by atoms with E-state index in [1.54, 1.807) is 6.92 Å². The van der Waals surface area contributed by atoms with Gasteiger partial charge in [-0.15, -0.1) is 0 Å². The second-order valence-electron chi connectivity index (χ2n) is 3.96. The van der Waals surface area contributed by atoms with E-state index in [0.717, 1.165) is 0 Å². The van der Waals surface area contributed by atoms with Crippen LogP contribution in [0.25, 0.3) is 0 Å². The Labute approximate surface area is 105 Å². The van der Waals surface area contributed by atoms with Crippen molar-refractivity contribution in [3.63, 3.8) is 0 Å². The van der Waals surface area contributed by atoms with Crippen LogP contribution in [0.4, 0.5) is 0 Å². The molecule has 0 aromatic heterocycles. The summed E-state index contributed by atoms with van der Waals surface area (Å²) in [5.74, 6) is 0.882. The van der Waals surface area contributed by atoms with E-state index in [4.69, 9.17) is 0 Å². The summed E-state index contributed by atoms with van der Waals surface area (Å²) in [6.45, 7) is 1.67. The number of ketones is 1. The zero-order chi connectivity index (χ0) is 12.1. The molecule has 2 aromatic rings. The molecule has 2 aromatic carbocycles. The molecule has 0 fully saturated rings. The fourth-order valence-corrected chi connectivity index (χ4v) is 3.94. The molecule has 0 saturated heterocycles. The Morgan fingerprint density at radius 1 is 0.882 bits per heavy atom. The number of rotatable bonds is 4. The SMILES string of the molecule is CC(=O)C[SH](c1ccccc1)c1ccccc1. The highest BCUT2D eigenvalue weighted by molar-refractivity contribution is 8.17. The molecule has 0 unspecified atom stereocenters. The Hall–Kier alpha value is -1.54. The summed E-state index contributed by atoms with van der Waals surface area (Å²) in [7, 11) is -0.540. The first-order chi connectivity index (χ1) is 8.27. The summed E-state index contributed by atoms with van der Waals surface area (Å²) in [4.78, 5) is 14.0. The summed E-state index contributed by atoms with van der Waals surface area (Å²) in [6.07, 6.45) is 0. The Morgan fingerprint density at radius 2 is 1.29 bits per heavy atom. The van der Waals surface area contributed by atoms with Gasteiger partial charge < -0.3 is 0 Å². The van der Waals surface area contributed by atoms with Crippen molar-refractivity contribution in [3.05, 3.63) is 60.7 Å². The highest BCUT2D eigenvalue weighted by Gasteiger charge is 2.11. The minimum atomic E-state index is -0.540. The molecule has 0 aliphatic carbocycles. The standard InChI is InChI=1S/C15H16OS/c1-13(16)12-17(14-8-4-2-5-9-14)15-10-6-3-7-11-15/h2-11,17H,12H2,1H3. The molecule has 0 spiro atoms. The van der Waals surface area contributed by atoms with Gasteiger partial charge in [0.15, 0.2) is 0 Å². The van der Waals surface area contributed by atoms with Gasteiger partial charge in [-0.05, 0) is 41.0 Å². The van der Waals surface area contributed by atoms with Crippen LogP contribution < -0.4 is 0 Å². The Morgan fingerprint density at radius 3 is 1.65 bits per heavy atom. The van der Waals surface area contributed by atoms with Crippen LogP contribution in [0.1, 0.15) is 6.92 Å². The highest BCUT2D eigenvalue weighted by Crippen LogP contribution is 2.43. The number of hydrogen-bond donors (Lipinski definition) is 1. The van der Waals surface area contributed by atoms with Crippen LogP contribution in [0.5, 0.6) is 0 Å². The molecular weight excluding hydrogens is 228 g/mol. The predicted molar refractivity (Wildman–Crippen MR) is 74.0 cm³/mol. The first-order valence-corrected chi connectivity index (χ1v) is 7.17. The third kappa shape index (κ3) is 3.21. The van der Waals surface area contributed by atoms with Crippen molar-refractivity contribution in [3.8, 4) is 0 Å². The average molecular weight is 244 g/mol. The molecular formula is C15H16OS. The molecule has 0 amide bonds. The van der Waals surface area contributed by atoms with E-state index in [1.807, 2.05) is 36.4 Å². The summed E-state index contributed by atoms with van der Waals surface area (Å²) in [5, 5.41) is 0. The molecule has 0 aliphatic rings. The second kappa shape index (κ2) is 5.69. The van der Waals surface area contributed by atoms with Crippen molar-refractivity contribution in [2.24, 2.45) is 0 Å². The average Bonchev–Trinajstić information content (AvgIpc) is 2.38. The van der Waals surface area contributed by atoms with Crippen LogP contribution in [0.2, 0.25) is 0 Å². The molecule has 0 aliphatic heterocycles. The van der Waals surface area contributed by atoms with Crippen LogP contribution in [-0.4, -0.2) is 11.5 Å². The smallest absolute Gasteiger partial charge is 0.138 e. The highest BCUT2D eigenvalue weighted by atomic mass is 32.2. The molecule has 0 N–H and O–H groups in total. The molecule has 0 radical (unpaired) electrons. The fraction of sp³-hybridized carbons (Fsp3) is 0.133. The molecule has 0 heterocycles. The van der Waals surface area contributed by atoms with Gasteiger partial charge in [0, 0.05) is 5.75 Å². The largest absolute Gasteiger partial charge is 0.299 e. The van der Waals surface area contributed by atoms with Crippen molar-refractivity contribution in [1.82, 2.24) is 0 Å². The molecule has 0 saturated carbocycles. The second-order valence-corrected chi connectivity index (χ2v) is 6.16. The lowest BCUT2D eigenvalue weighted by molar-refractivity contribution is -0.114. The zero-order valence-electron chi connectivity index (χ0n) is 9.84. The minimum Gasteiger partial charge on any atom is -0.299 e. The van der Waals surface area contributed by atoms with E-state index in [2.05, 4.69) is 24.3 Å². The molecule has 1 nitrogen and oxygen atoms in total. The first-order valence-electron chi connectivity index (χ1n) is 5.64. The van der Waals surface area contributed by atoms with Crippen LogP contribution in [0.3, 0.4) is 0 Å². The van der Waals surface area contributed by atoms with Gasteiger partial charge in [0.2, 0.25) is 0 Å². The van der Waals surface area contributed by atoms with E-state index in [9.17, 15) is 4.79 Å². The van der Waals surface area contributed by atoms with E-state index >= 15 is 0 Å². The molecule has 2 heteroatoms. The van der Waals surface area contributed by atoms with Crippen molar-refractivity contribution >= 4 is 16.7 Å². The Balaban J connectivity index is 2.36. The quantitative estimate of drug-likeness (QED) is 0.812. The Bertz CT molecular complexity index is 439. The van der Waals surface area contributed by atoms with Gasteiger partial charge in [-0.2, -0.15) is 10.9 Å². The van der Waals surface area contributed by atoms with Gasteiger partial charge in [-0.25, -0.2) is 0 Å². The van der Waals surface area contributed by atoms with Crippen molar-refractivity contribution in [2.75, 3.05) is 5.75 Å². The number of carbonyl (C=O) groups is 1. The summed E-state index contributed by atoms with van der Waals surface area (Å²) in [5.41, 5.74) is 0. The number of hydrogen-bond acceptors (Lipinski definition) is 1.